The number of likely N-dealkylation sites (tertiary alicyclic amines) is 1. The van der Waals surface area contributed by atoms with Gasteiger partial charge < -0.3 is 19.4 Å². The second-order valence-electron chi connectivity index (χ2n) is 11.6. The second kappa shape index (κ2) is 11.3. The second-order valence-corrected chi connectivity index (χ2v) is 12.0. The van der Waals surface area contributed by atoms with Crippen LogP contribution in [-0.2, 0) is 23.1 Å². The van der Waals surface area contributed by atoms with Crippen LogP contribution in [0.3, 0.4) is 0 Å². The van der Waals surface area contributed by atoms with Gasteiger partial charge in [0.15, 0.2) is 5.83 Å². The Balaban J connectivity index is 1.38. The lowest BCUT2D eigenvalue weighted by molar-refractivity contribution is -0.128. The van der Waals surface area contributed by atoms with Crippen molar-refractivity contribution in [3.63, 3.8) is 0 Å². The maximum atomic E-state index is 15.8. The number of aromatic nitrogens is 2. The molecule has 3 atom stereocenters. The quantitative estimate of drug-likeness (QED) is 0.446. The normalized spacial score (nSPS) is 25.4. The maximum Gasteiger partial charge on any atom is 0.318 e. The van der Waals surface area contributed by atoms with E-state index in [0.717, 1.165) is 24.9 Å². The van der Waals surface area contributed by atoms with Crippen LogP contribution in [0.5, 0.6) is 6.01 Å². The smallest absolute Gasteiger partial charge is 0.318 e. The summed E-state index contributed by atoms with van der Waals surface area (Å²) in [5.74, 6) is -1.27. The molecule has 1 spiro atoms. The van der Waals surface area contributed by atoms with Crippen molar-refractivity contribution in [3.8, 4) is 12.1 Å². The highest BCUT2D eigenvalue weighted by Gasteiger charge is 2.50. The Kier molecular flexibility index (Phi) is 7.66. The van der Waals surface area contributed by atoms with Gasteiger partial charge in [0.2, 0.25) is 5.91 Å². The molecule has 0 saturated carbocycles. The van der Waals surface area contributed by atoms with Crippen molar-refractivity contribution in [2.75, 3.05) is 44.7 Å². The number of nitrogens with zero attached hydrogens (tertiary/aromatic N) is 6. The van der Waals surface area contributed by atoms with Crippen LogP contribution in [0.1, 0.15) is 48.1 Å². The van der Waals surface area contributed by atoms with E-state index >= 15 is 8.78 Å². The maximum absolute atomic E-state index is 15.8. The van der Waals surface area contributed by atoms with Crippen LogP contribution in [0.2, 0.25) is 5.02 Å². The van der Waals surface area contributed by atoms with Crippen LogP contribution < -0.4 is 9.64 Å². The molecule has 0 unspecified atom stereocenters. The lowest BCUT2D eigenvalue weighted by Gasteiger charge is -2.42. The fraction of sp³-hybridized carbons (Fsp3) is 0.484. The van der Waals surface area contributed by atoms with Gasteiger partial charge >= 0.3 is 6.01 Å². The summed E-state index contributed by atoms with van der Waals surface area (Å²) in [5, 5.41) is 9.67. The first-order valence-corrected chi connectivity index (χ1v) is 14.8. The van der Waals surface area contributed by atoms with Crippen molar-refractivity contribution in [1.82, 2.24) is 19.8 Å². The number of benzene rings is 1. The van der Waals surface area contributed by atoms with Gasteiger partial charge in [-0.1, -0.05) is 30.3 Å². The molecular formula is C31H33ClF2N6O2. The number of nitriles is 1. The van der Waals surface area contributed by atoms with Gasteiger partial charge in [-0.3, -0.25) is 4.79 Å². The molecule has 4 aliphatic rings. The summed E-state index contributed by atoms with van der Waals surface area (Å²) in [6, 6.07) is 7.33. The van der Waals surface area contributed by atoms with Crippen molar-refractivity contribution in [2.24, 2.45) is 0 Å². The molecule has 42 heavy (non-hydrogen) atoms. The average Bonchev–Trinajstić information content (AvgIpc) is 3.50. The lowest BCUT2D eigenvalue weighted by atomic mass is 9.69. The Morgan fingerprint density at radius 3 is 2.86 bits per heavy atom. The van der Waals surface area contributed by atoms with Crippen molar-refractivity contribution < 1.29 is 18.3 Å². The minimum Gasteiger partial charge on any atom is -0.462 e. The Morgan fingerprint density at radius 1 is 1.29 bits per heavy atom. The summed E-state index contributed by atoms with van der Waals surface area (Å²) < 4.78 is 37.3. The standard InChI is InChI=1S/C31H33ClF2N6O2/c1-3-25(41)40-15-14-39(17-19(40)10-12-35)29-21-9-11-31(22-7-4-8-23(32)26(22)27(33)28(31)34)16-24(21)36-30(37-29)42-18-20-6-5-13-38(20)2/h3-4,7-8,19-20H,1,5-6,9-11,13-18H2,2H3/t19-,20-,31+/m0/s1. The molecule has 11 heteroatoms. The van der Waals surface area contributed by atoms with Gasteiger partial charge in [-0.25, -0.2) is 8.78 Å². The van der Waals surface area contributed by atoms with E-state index in [2.05, 4.69) is 29.5 Å². The van der Waals surface area contributed by atoms with Gasteiger partial charge in [0, 0.05) is 43.2 Å². The molecule has 0 bridgehead atoms. The summed E-state index contributed by atoms with van der Waals surface area (Å²) in [4.78, 5) is 28.1. The third-order valence-corrected chi connectivity index (χ3v) is 9.64. The van der Waals surface area contributed by atoms with Crippen LogP contribution in [0.4, 0.5) is 14.6 Å². The van der Waals surface area contributed by atoms with Gasteiger partial charge in [0.05, 0.1) is 34.7 Å². The molecule has 1 aromatic carbocycles. The molecule has 3 heterocycles. The van der Waals surface area contributed by atoms with Crippen molar-refractivity contribution in [3.05, 3.63) is 64.1 Å². The zero-order valence-corrected chi connectivity index (χ0v) is 24.3. The summed E-state index contributed by atoms with van der Waals surface area (Å²) in [5.41, 5.74) is 0.922. The molecule has 2 aromatic rings. The molecule has 8 nitrogen and oxygen atoms in total. The van der Waals surface area contributed by atoms with Crippen molar-refractivity contribution in [1.29, 1.82) is 5.26 Å². The Morgan fingerprint density at radius 2 is 2.12 bits per heavy atom. The minimum absolute atomic E-state index is 0.123. The van der Waals surface area contributed by atoms with E-state index in [1.54, 1.807) is 23.1 Å². The third-order valence-electron chi connectivity index (χ3n) is 9.33. The van der Waals surface area contributed by atoms with E-state index in [4.69, 9.17) is 26.3 Å². The minimum atomic E-state index is -1.20. The molecule has 1 aromatic heterocycles. The summed E-state index contributed by atoms with van der Waals surface area (Å²) >= 11 is 6.33. The van der Waals surface area contributed by atoms with Crippen LogP contribution >= 0.6 is 11.6 Å². The monoisotopic (exact) mass is 594 g/mol. The number of halogens is 3. The molecule has 2 aliphatic carbocycles. The van der Waals surface area contributed by atoms with Crippen LogP contribution in [0.25, 0.3) is 5.83 Å². The first kappa shape index (κ1) is 28.6. The molecule has 2 fully saturated rings. The molecule has 2 aliphatic heterocycles. The molecule has 0 N–H and O–H groups in total. The summed E-state index contributed by atoms with van der Waals surface area (Å²) in [7, 11) is 2.07. The van der Waals surface area contributed by atoms with Crippen LogP contribution in [0.15, 0.2) is 36.7 Å². The highest BCUT2D eigenvalue weighted by atomic mass is 35.5. The summed E-state index contributed by atoms with van der Waals surface area (Å²) in [6.07, 6.45) is 4.42. The van der Waals surface area contributed by atoms with E-state index in [0.29, 0.717) is 56.2 Å². The largest absolute Gasteiger partial charge is 0.462 e. The number of ether oxygens (including phenoxy) is 1. The highest BCUT2D eigenvalue weighted by molar-refractivity contribution is 6.32. The number of carbonyl (C=O) groups excluding carboxylic acids is 1. The Labute approximate surface area is 249 Å². The summed E-state index contributed by atoms with van der Waals surface area (Å²) in [6.45, 7) is 6.31. The number of hydrogen-bond acceptors (Lipinski definition) is 7. The van der Waals surface area contributed by atoms with Gasteiger partial charge in [-0.05, 0) is 57.0 Å². The number of rotatable bonds is 6. The highest BCUT2D eigenvalue weighted by Crippen LogP contribution is 2.56. The molecular weight excluding hydrogens is 562 g/mol. The topological polar surface area (TPSA) is 85.6 Å². The predicted molar refractivity (Wildman–Crippen MR) is 156 cm³/mol. The zero-order valence-electron chi connectivity index (χ0n) is 23.6. The van der Waals surface area contributed by atoms with Gasteiger partial charge in [0.1, 0.15) is 18.3 Å². The first-order valence-electron chi connectivity index (χ1n) is 14.4. The predicted octanol–water partition coefficient (Wildman–Crippen LogP) is 4.77. The average molecular weight is 595 g/mol. The van der Waals surface area contributed by atoms with E-state index in [9.17, 15) is 10.1 Å². The molecule has 0 radical (unpaired) electrons. The zero-order chi connectivity index (χ0) is 29.6. The van der Waals surface area contributed by atoms with Crippen LogP contribution in [-0.4, -0.2) is 77.6 Å². The number of fused-ring (bicyclic) bond motifs is 3. The van der Waals surface area contributed by atoms with Gasteiger partial charge in [-0.2, -0.15) is 15.2 Å². The molecule has 1 amide bonds. The molecule has 6 rings (SSSR count). The number of anilines is 1. The number of hydrogen-bond donors (Lipinski definition) is 0. The Bertz CT molecular complexity index is 1510. The molecule has 2 saturated heterocycles. The van der Waals surface area contributed by atoms with E-state index < -0.39 is 17.1 Å². The van der Waals surface area contributed by atoms with Crippen LogP contribution in [0, 0.1) is 11.3 Å². The van der Waals surface area contributed by atoms with E-state index in [-0.39, 0.29) is 47.4 Å². The lowest BCUT2D eigenvalue weighted by Crippen LogP contribution is -2.55. The van der Waals surface area contributed by atoms with Gasteiger partial charge in [-0.15, -0.1) is 0 Å². The SMILES string of the molecule is C=CC(=O)N1CCN(c2nc(OC[C@@H]3CCCN3C)nc3c2CC[C@]2(C3)C(F)=C(F)c3c(Cl)cccc32)C[C@@H]1CC#N. The number of amides is 1. The van der Waals surface area contributed by atoms with Crippen molar-refractivity contribution in [2.45, 2.75) is 56.0 Å². The first-order chi connectivity index (χ1) is 20.3. The third kappa shape index (κ3) is 4.73. The fourth-order valence-electron chi connectivity index (χ4n) is 7.03. The molecule has 220 valence electrons. The van der Waals surface area contributed by atoms with Crippen molar-refractivity contribution >= 4 is 29.2 Å². The van der Waals surface area contributed by atoms with E-state index in [1.165, 1.54) is 6.08 Å². The Hall–Kier alpha value is -3.55. The van der Waals surface area contributed by atoms with E-state index in [1.807, 2.05) is 0 Å². The number of piperazine rings is 1. The van der Waals surface area contributed by atoms with Gasteiger partial charge in [0.25, 0.3) is 0 Å². The number of carbonyl (C=O) groups is 1. The fourth-order valence-corrected chi connectivity index (χ4v) is 7.29. The number of likely N-dealkylation sites (N-methyl/N-ethyl adjacent to an activating group) is 1. The number of allylic oxidation sites excluding steroid dienone is 1.